The van der Waals surface area contributed by atoms with Crippen LogP contribution in [0.3, 0.4) is 0 Å². The Bertz CT molecular complexity index is 435. The van der Waals surface area contributed by atoms with E-state index in [-0.39, 0.29) is 5.91 Å². The lowest BCUT2D eigenvalue weighted by Crippen LogP contribution is -2.30. The van der Waals surface area contributed by atoms with Gasteiger partial charge in [0, 0.05) is 32.7 Å². The van der Waals surface area contributed by atoms with E-state index < -0.39 is 0 Å². The molecule has 0 aromatic carbocycles. The number of hydrogen-bond acceptors (Lipinski definition) is 5. The number of likely N-dealkylation sites (tertiary alicyclic amines) is 1. The first kappa shape index (κ1) is 14.7. The number of carbonyl (C=O) groups excluding carboxylic acids is 1. The van der Waals surface area contributed by atoms with Crippen molar-refractivity contribution in [2.75, 3.05) is 38.7 Å². The maximum absolute atomic E-state index is 12.3. The SMILES string of the molecule is CCCNc1cnc(C(=O)N2CCC(COC)C2)cn1. The molecule has 1 saturated heterocycles. The summed E-state index contributed by atoms with van der Waals surface area (Å²) in [5, 5.41) is 3.14. The number of hydrogen-bond donors (Lipinski definition) is 1. The van der Waals surface area contributed by atoms with Crippen molar-refractivity contribution < 1.29 is 9.53 Å². The van der Waals surface area contributed by atoms with E-state index in [1.165, 1.54) is 0 Å². The van der Waals surface area contributed by atoms with E-state index in [1.807, 2.05) is 4.90 Å². The van der Waals surface area contributed by atoms with Gasteiger partial charge in [-0.1, -0.05) is 6.92 Å². The molecule has 2 rings (SSSR count). The predicted molar refractivity (Wildman–Crippen MR) is 76.7 cm³/mol. The molecule has 1 fully saturated rings. The molecule has 0 saturated carbocycles. The zero-order valence-corrected chi connectivity index (χ0v) is 12.1. The lowest BCUT2D eigenvalue weighted by Gasteiger charge is -2.15. The van der Waals surface area contributed by atoms with Crippen LogP contribution >= 0.6 is 0 Å². The maximum atomic E-state index is 12.3. The van der Waals surface area contributed by atoms with E-state index in [0.29, 0.717) is 24.0 Å². The highest BCUT2D eigenvalue weighted by atomic mass is 16.5. The van der Waals surface area contributed by atoms with E-state index in [9.17, 15) is 4.79 Å². The summed E-state index contributed by atoms with van der Waals surface area (Å²) in [5.41, 5.74) is 0.408. The van der Waals surface area contributed by atoms with Crippen molar-refractivity contribution in [1.29, 1.82) is 0 Å². The highest BCUT2D eigenvalue weighted by Crippen LogP contribution is 2.18. The molecule has 1 N–H and O–H groups in total. The molecule has 0 bridgehead atoms. The third-order valence-electron chi connectivity index (χ3n) is 3.40. The third-order valence-corrected chi connectivity index (χ3v) is 3.40. The smallest absolute Gasteiger partial charge is 0.274 e. The first-order valence-electron chi connectivity index (χ1n) is 7.08. The summed E-state index contributed by atoms with van der Waals surface area (Å²) < 4.78 is 5.14. The molecule has 0 aliphatic carbocycles. The number of nitrogens with zero attached hydrogens (tertiary/aromatic N) is 3. The highest BCUT2D eigenvalue weighted by molar-refractivity contribution is 5.92. The number of carbonyl (C=O) groups is 1. The average Bonchev–Trinajstić information content (AvgIpc) is 2.94. The van der Waals surface area contributed by atoms with E-state index in [2.05, 4.69) is 22.2 Å². The van der Waals surface area contributed by atoms with Gasteiger partial charge in [0.2, 0.25) is 0 Å². The van der Waals surface area contributed by atoms with E-state index in [0.717, 1.165) is 32.5 Å². The average molecular weight is 278 g/mol. The van der Waals surface area contributed by atoms with Crippen LogP contribution in [-0.2, 0) is 4.74 Å². The number of methoxy groups -OCH3 is 1. The fraction of sp³-hybridized carbons (Fsp3) is 0.643. The van der Waals surface area contributed by atoms with Crippen molar-refractivity contribution in [3.63, 3.8) is 0 Å². The maximum Gasteiger partial charge on any atom is 0.274 e. The lowest BCUT2D eigenvalue weighted by atomic mass is 10.1. The van der Waals surface area contributed by atoms with Crippen molar-refractivity contribution in [3.8, 4) is 0 Å². The first-order valence-corrected chi connectivity index (χ1v) is 7.08. The minimum atomic E-state index is -0.0434. The topological polar surface area (TPSA) is 67.4 Å². The first-order chi connectivity index (χ1) is 9.74. The molecular formula is C14H22N4O2. The molecule has 1 atom stereocenters. The normalized spacial score (nSPS) is 18.3. The van der Waals surface area contributed by atoms with Crippen LogP contribution in [0.15, 0.2) is 12.4 Å². The number of amides is 1. The van der Waals surface area contributed by atoms with Crippen LogP contribution in [0.4, 0.5) is 5.82 Å². The Morgan fingerprint density at radius 1 is 1.50 bits per heavy atom. The molecule has 1 unspecified atom stereocenters. The second kappa shape index (κ2) is 7.19. The Balaban J connectivity index is 1.92. The second-order valence-electron chi connectivity index (χ2n) is 5.07. The van der Waals surface area contributed by atoms with E-state index in [1.54, 1.807) is 19.5 Å². The number of aromatic nitrogens is 2. The largest absolute Gasteiger partial charge is 0.384 e. The number of anilines is 1. The van der Waals surface area contributed by atoms with Gasteiger partial charge in [-0.2, -0.15) is 0 Å². The fourth-order valence-corrected chi connectivity index (χ4v) is 2.33. The monoisotopic (exact) mass is 278 g/mol. The highest BCUT2D eigenvalue weighted by Gasteiger charge is 2.27. The Morgan fingerprint density at radius 3 is 3.00 bits per heavy atom. The van der Waals surface area contributed by atoms with Crippen LogP contribution in [0.5, 0.6) is 0 Å². The van der Waals surface area contributed by atoms with Gasteiger partial charge in [-0.15, -0.1) is 0 Å². The van der Waals surface area contributed by atoms with E-state index in [4.69, 9.17) is 4.74 Å². The van der Waals surface area contributed by atoms with Gasteiger partial charge >= 0.3 is 0 Å². The van der Waals surface area contributed by atoms with Gasteiger partial charge in [-0.3, -0.25) is 4.79 Å². The molecule has 1 aromatic heterocycles. The molecule has 6 heteroatoms. The van der Waals surface area contributed by atoms with Crippen molar-refractivity contribution in [2.24, 2.45) is 5.92 Å². The summed E-state index contributed by atoms with van der Waals surface area (Å²) in [6, 6.07) is 0. The van der Waals surface area contributed by atoms with Crippen molar-refractivity contribution in [1.82, 2.24) is 14.9 Å². The predicted octanol–water partition coefficient (Wildman–Crippen LogP) is 1.41. The molecule has 0 radical (unpaired) electrons. The van der Waals surface area contributed by atoms with E-state index >= 15 is 0 Å². The van der Waals surface area contributed by atoms with Gasteiger partial charge in [0.05, 0.1) is 19.0 Å². The number of nitrogens with one attached hydrogen (secondary N) is 1. The van der Waals surface area contributed by atoms with Crippen LogP contribution in [0.2, 0.25) is 0 Å². The molecule has 1 aromatic rings. The minimum absolute atomic E-state index is 0.0434. The Kier molecular flexibility index (Phi) is 5.29. The number of ether oxygens (including phenoxy) is 1. The summed E-state index contributed by atoms with van der Waals surface area (Å²) in [4.78, 5) is 22.5. The Labute approximate surface area is 119 Å². The third kappa shape index (κ3) is 3.66. The van der Waals surface area contributed by atoms with Crippen LogP contribution in [0, 0.1) is 5.92 Å². The molecule has 110 valence electrons. The molecule has 1 amide bonds. The summed E-state index contributed by atoms with van der Waals surface area (Å²) in [6.45, 7) is 5.15. The molecule has 1 aliphatic heterocycles. The molecular weight excluding hydrogens is 256 g/mol. The van der Waals surface area contributed by atoms with Crippen LogP contribution in [0.25, 0.3) is 0 Å². The Hall–Kier alpha value is -1.69. The van der Waals surface area contributed by atoms with Gasteiger partial charge in [0.15, 0.2) is 0 Å². The molecule has 2 heterocycles. The van der Waals surface area contributed by atoms with Gasteiger partial charge in [0.25, 0.3) is 5.91 Å². The van der Waals surface area contributed by atoms with Crippen LogP contribution < -0.4 is 5.32 Å². The Morgan fingerprint density at radius 2 is 2.35 bits per heavy atom. The van der Waals surface area contributed by atoms with Crippen molar-refractivity contribution >= 4 is 11.7 Å². The summed E-state index contributed by atoms with van der Waals surface area (Å²) in [7, 11) is 1.69. The standard InChI is InChI=1S/C14H22N4O2/c1-3-5-15-13-8-16-12(7-17-13)14(19)18-6-4-11(9-18)10-20-2/h7-8,11H,3-6,9-10H2,1-2H3,(H,15,17). The zero-order valence-electron chi connectivity index (χ0n) is 12.1. The second-order valence-corrected chi connectivity index (χ2v) is 5.07. The minimum Gasteiger partial charge on any atom is -0.384 e. The lowest BCUT2D eigenvalue weighted by molar-refractivity contribution is 0.0769. The van der Waals surface area contributed by atoms with Crippen molar-refractivity contribution in [2.45, 2.75) is 19.8 Å². The van der Waals surface area contributed by atoms with Gasteiger partial charge in [0.1, 0.15) is 11.5 Å². The van der Waals surface area contributed by atoms with Crippen LogP contribution in [0.1, 0.15) is 30.3 Å². The summed E-state index contributed by atoms with van der Waals surface area (Å²) in [5.74, 6) is 1.10. The zero-order chi connectivity index (χ0) is 14.4. The quantitative estimate of drug-likeness (QED) is 0.852. The summed E-state index contributed by atoms with van der Waals surface area (Å²) in [6.07, 6.45) is 5.18. The fourth-order valence-electron chi connectivity index (χ4n) is 2.33. The summed E-state index contributed by atoms with van der Waals surface area (Å²) >= 11 is 0. The number of rotatable bonds is 6. The van der Waals surface area contributed by atoms with Crippen LogP contribution in [-0.4, -0.2) is 54.1 Å². The van der Waals surface area contributed by atoms with Crippen molar-refractivity contribution in [3.05, 3.63) is 18.1 Å². The molecule has 6 nitrogen and oxygen atoms in total. The van der Waals surface area contributed by atoms with Gasteiger partial charge in [-0.05, 0) is 12.8 Å². The van der Waals surface area contributed by atoms with Gasteiger partial charge < -0.3 is 15.0 Å². The van der Waals surface area contributed by atoms with Gasteiger partial charge in [-0.25, -0.2) is 9.97 Å². The molecule has 0 spiro atoms. The molecule has 1 aliphatic rings. The molecule has 20 heavy (non-hydrogen) atoms.